The smallest absolute Gasteiger partial charge is 0.0518 e. The quantitative estimate of drug-likeness (QED) is 0.462. The number of unbranched alkanes of at least 4 members (excludes halogenated alkanes) is 1. The van der Waals surface area contributed by atoms with E-state index in [0.717, 1.165) is 6.61 Å². The molecule has 1 aliphatic carbocycles. The third-order valence-electron chi connectivity index (χ3n) is 3.43. The van der Waals surface area contributed by atoms with Gasteiger partial charge in [-0.15, -0.1) is 0 Å². The van der Waals surface area contributed by atoms with E-state index in [1.54, 1.807) is 0 Å². The fourth-order valence-corrected chi connectivity index (χ4v) is 2.66. The van der Waals surface area contributed by atoms with Crippen LogP contribution in [0.5, 0.6) is 0 Å². The Balaban J connectivity index is 2.28. The van der Waals surface area contributed by atoms with Crippen LogP contribution in [0.15, 0.2) is 12.2 Å². The summed E-state index contributed by atoms with van der Waals surface area (Å²) >= 11 is 0. The first-order valence-electron chi connectivity index (χ1n) is 5.93. The molecule has 82 valence electrons. The Labute approximate surface area is 88.5 Å². The van der Waals surface area contributed by atoms with Crippen LogP contribution < -0.4 is 0 Å². The van der Waals surface area contributed by atoms with Gasteiger partial charge in [0.25, 0.3) is 0 Å². The lowest BCUT2D eigenvalue weighted by molar-refractivity contribution is 0.0753. The summed E-state index contributed by atoms with van der Waals surface area (Å²) in [6, 6.07) is 0. The lowest BCUT2D eigenvalue weighted by Gasteiger charge is -2.27. The number of allylic oxidation sites excluding steroid dienone is 2. The normalized spacial score (nSPS) is 20.7. The zero-order chi connectivity index (χ0) is 10.3. The summed E-state index contributed by atoms with van der Waals surface area (Å²) in [6.07, 6.45) is 13.9. The SMILES string of the molecule is C/C=C/CCCC1(COC)CCCC1. The molecule has 0 atom stereocenters. The summed E-state index contributed by atoms with van der Waals surface area (Å²) in [5.74, 6) is 0. The highest BCUT2D eigenvalue weighted by Gasteiger charge is 2.32. The van der Waals surface area contributed by atoms with E-state index in [0.29, 0.717) is 5.41 Å². The molecule has 0 radical (unpaired) electrons. The summed E-state index contributed by atoms with van der Waals surface area (Å²) in [4.78, 5) is 0. The van der Waals surface area contributed by atoms with Crippen molar-refractivity contribution in [3.8, 4) is 0 Å². The van der Waals surface area contributed by atoms with Gasteiger partial charge in [-0.1, -0.05) is 25.0 Å². The second-order valence-corrected chi connectivity index (χ2v) is 4.60. The molecule has 0 N–H and O–H groups in total. The van der Waals surface area contributed by atoms with E-state index in [-0.39, 0.29) is 0 Å². The Hall–Kier alpha value is -0.300. The van der Waals surface area contributed by atoms with Gasteiger partial charge in [0.15, 0.2) is 0 Å². The van der Waals surface area contributed by atoms with Crippen molar-refractivity contribution in [2.45, 2.75) is 51.9 Å². The molecule has 1 heteroatoms. The maximum absolute atomic E-state index is 5.37. The number of rotatable bonds is 6. The lowest BCUT2D eigenvalue weighted by atomic mass is 9.82. The van der Waals surface area contributed by atoms with Crippen LogP contribution in [-0.4, -0.2) is 13.7 Å². The number of methoxy groups -OCH3 is 1. The van der Waals surface area contributed by atoms with Gasteiger partial charge in [0.1, 0.15) is 0 Å². The predicted octanol–water partition coefficient (Wildman–Crippen LogP) is 3.94. The molecule has 0 aromatic carbocycles. The van der Waals surface area contributed by atoms with Gasteiger partial charge in [-0.05, 0) is 44.4 Å². The predicted molar refractivity (Wildman–Crippen MR) is 61.4 cm³/mol. The van der Waals surface area contributed by atoms with Crippen molar-refractivity contribution < 1.29 is 4.74 Å². The molecule has 1 saturated carbocycles. The van der Waals surface area contributed by atoms with E-state index in [2.05, 4.69) is 19.1 Å². The van der Waals surface area contributed by atoms with E-state index in [1.807, 2.05) is 7.11 Å². The summed E-state index contributed by atoms with van der Waals surface area (Å²) in [5, 5.41) is 0. The Kier molecular flexibility index (Phi) is 5.24. The largest absolute Gasteiger partial charge is 0.384 e. The highest BCUT2D eigenvalue weighted by atomic mass is 16.5. The Morgan fingerprint density at radius 3 is 2.57 bits per heavy atom. The van der Waals surface area contributed by atoms with Crippen LogP contribution in [0, 0.1) is 5.41 Å². The summed E-state index contributed by atoms with van der Waals surface area (Å²) in [5.41, 5.74) is 0.538. The van der Waals surface area contributed by atoms with Gasteiger partial charge in [-0.2, -0.15) is 0 Å². The Morgan fingerprint density at radius 2 is 2.00 bits per heavy atom. The van der Waals surface area contributed by atoms with Gasteiger partial charge in [0.05, 0.1) is 6.61 Å². The molecule has 0 saturated heterocycles. The standard InChI is InChI=1S/C13H24O/c1-3-4-5-6-9-13(12-14-2)10-7-8-11-13/h3-4H,5-12H2,1-2H3/b4-3+. The molecular formula is C13H24O. The van der Waals surface area contributed by atoms with Crippen molar-refractivity contribution in [3.63, 3.8) is 0 Å². The third-order valence-corrected chi connectivity index (χ3v) is 3.43. The van der Waals surface area contributed by atoms with Gasteiger partial charge in [0.2, 0.25) is 0 Å². The minimum atomic E-state index is 0.538. The Bertz CT molecular complexity index is 166. The van der Waals surface area contributed by atoms with E-state index < -0.39 is 0 Å². The number of ether oxygens (including phenoxy) is 1. The summed E-state index contributed by atoms with van der Waals surface area (Å²) < 4.78 is 5.37. The fraction of sp³-hybridized carbons (Fsp3) is 0.846. The molecule has 0 aromatic rings. The second-order valence-electron chi connectivity index (χ2n) is 4.60. The third kappa shape index (κ3) is 3.45. The summed E-state index contributed by atoms with van der Waals surface area (Å²) in [7, 11) is 1.84. The minimum Gasteiger partial charge on any atom is -0.384 e. The van der Waals surface area contributed by atoms with Crippen LogP contribution in [0.4, 0.5) is 0 Å². The maximum Gasteiger partial charge on any atom is 0.0518 e. The van der Waals surface area contributed by atoms with Crippen LogP contribution in [-0.2, 0) is 4.74 Å². The maximum atomic E-state index is 5.37. The molecule has 1 aliphatic rings. The van der Waals surface area contributed by atoms with E-state index in [1.165, 1.54) is 44.9 Å². The van der Waals surface area contributed by atoms with Crippen LogP contribution in [0.2, 0.25) is 0 Å². The minimum absolute atomic E-state index is 0.538. The van der Waals surface area contributed by atoms with Crippen molar-refractivity contribution in [1.29, 1.82) is 0 Å². The molecular weight excluding hydrogens is 172 g/mol. The molecule has 14 heavy (non-hydrogen) atoms. The summed E-state index contributed by atoms with van der Waals surface area (Å²) in [6.45, 7) is 3.07. The molecule has 0 aromatic heterocycles. The molecule has 0 heterocycles. The zero-order valence-corrected chi connectivity index (χ0v) is 9.72. The first-order chi connectivity index (χ1) is 6.83. The second kappa shape index (κ2) is 6.23. The highest BCUT2D eigenvalue weighted by molar-refractivity contribution is 4.86. The van der Waals surface area contributed by atoms with Crippen LogP contribution in [0.1, 0.15) is 51.9 Å². The molecule has 1 nitrogen and oxygen atoms in total. The van der Waals surface area contributed by atoms with Gasteiger partial charge in [0, 0.05) is 7.11 Å². The van der Waals surface area contributed by atoms with Crippen molar-refractivity contribution in [1.82, 2.24) is 0 Å². The highest BCUT2D eigenvalue weighted by Crippen LogP contribution is 2.42. The van der Waals surface area contributed by atoms with Crippen LogP contribution >= 0.6 is 0 Å². The zero-order valence-electron chi connectivity index (χ0n) is 9.72. The van der Waals surface area contributed by atoms with Crippen LogP contribution in [0.25, 0.3) is 0 Å². The molecule has 0 bridgehead atoms. The van der Waals surface area contributed by atoms with E-state index in [4.69, 9.17) is 4.74 Å². The number of hydrogen-bond acceptors (Lipinski definition) is 1. The average Bonchev–Trinajstić information content (AvgIpc) is 2.63. The average molecular weight is 196 g/mol. The van der Waals surface area contributed by atoms with Gasteiger partial charge < -0.3 is 4.74 Å². The topological polar surface area (TPSA) is 9.23 Å². The van der Waals surface area contributed by atoms with Gasteiger partial charge in [-0.25, -0.2) is 0 Å². The lowest BCUT2D eigenvalue weighted by Crippen LogP contribution is -2.22. The Morgan fingerprint density at radius 1 is 1.29 bits per heavy atom. The first-order valence-corrected chi connectivity index (χ1v) is 5.93. The van der Waals surface area contributed by atoms with E-state index >= 15 is 0 Å². The molecule has 1 fully saturated rings. The molecule has 0 spiro atoms. The fourth-order valence-electron chi connectivity index (χ4n) is 2.66. The van der Waals surface area contributed by atoms with Crippen molar-refractivity contribution in [2.24, 2.45) is 5.41 Å². The van der Waals surface area contributed by atoms with Gasteiger partial charge in [-0.3, -0.25) is 0 Å². The van der Waals surface area contributed by atoms with Crippen molar-refractivity contribution in [2.75, 3.05) is 13.7 Å². The molecule has 0 aliphatic heterocycles. The molecule has 0 unspecified atom stereocenters. The van der Waals surface area contributed by atoms with Crippen molar-refractivity contribution >= 4 is 0 Å². The van der Waals surface area contributed by atoms with Crippen LogP contribution in [0.3, 0.4) is 0 Å². The first kappa shape index (κ1) is 11.8. The van der Waals surface area contributed by atoms with Gasteiger partial charge >= 0.3 is 0 Å². The van der Waals surface area contributed by atoms with E-state index in [9.17, 15) is 0 Å². The monoisotopic (exact) mass is 196 g/mol. The number of hydrogen-bond donors (Lipinski definition) is 0. The molecule has 0 amide bonds. The molecule has 1 rings (SSSR count). The van der Waals surface area contributed by atoms with Crippen molar-refractivity contribution in [3.05, 3.63) is 12.2 Å².